The summed E-state index contributed by atoms with van der Waals surface area (Å²) in [5, 5.41) is 3.43. The van der Waals surface area contributed by atoms with Crippen LogP contribution in [0.1, 0.15) is 5.56 Å². The minimum absolute atomic E-state index is 0.119. The predicted molar refractivity (Wildman–Crippen MR) is 79.6 cm³/mol. The first kappa shape index (κ1) is 14.6. The fourth-order valence-corrected chi connectivity index (χ4v) is 2.00. The number of nitrogens with one attached hydrogen (secondary N) is 1. The summed E-state index contributed by atoms with van der Waals surface area (Å²) in [6, 6.07) is 8.75. The Balaban J connectivity index is 2.07. The smallest absolute Gasteiger partial charge is 0.228 e. The van der Waals surface area contributed by atoms with E-state index in [0.717, 1.165) is 11.6 Å². The molecule has 0 fully saturated rings. The second-order valence-corrected chi connectivity index (χ2v) is 5.02. The van der Waals surface area contributed by atoms with Crippen LogP contribution in [0.15, 0.2) is 36.4 Å². The second-order valence-electron chi connectivity index (χ2n) is 4.20. The van der Waals surface area contributed by atoms with Gasteiger partial charge in [-0.15, -0.1) is 0 Å². The van der Waals surface area contributed by atoms with Gasteiger partial charge in [0.25, 0.3) is 0 Å². The van der Waals surface area contributed by atoms with Crippen molar-refractivity contribution in [3.05, 3.63) is 57.8 Å². The molecule has 0 atom stereocenters. The van der Waals surface area contributed by atoms with Crippen LogP contribution >= 0.6 is 23.2 Å². The fourth-order valence-electron chi connectivity index (χ4n) is 1.68. The zero-order chi connectivity index (χ0) is 14.7. The van der Waals surface area contributed by atoms with Gasteiger partial charge in [0, 0.05) is 0 Å². The zero-order valence-corrected chi connectivity index (χ0v) is 11.8. The van der Waals surface area contributed by atoms with Crippen LogP contribution in [0.3, 0.4) is 0 Å². The maximum Gasteiger partial charge on any atom is 0.228 e. The maximum absolute atomic E-state index is 12.9. The SMILES string of the molecule is Nc1cc(F)ccc1NC(=O)Cc1ccc(Cl)c(Cl)c1. The van der Waals surface area contributed by atoms with E-state index in [9.17, 15) is 9.18 Å². The molecule has 0 spiro atoms. The molecule has 3 N–H and O–H groups in total. The molecule has 104 valence electrons. The van der Waals surface area contributed by atoms with Gasteiger partial charge in [0.15, 0.2) is 0 Å². The average molecular weight is 313 g/mol. The molecule has 0 unspecified atom stereocenters. The van der Waals surface area contributed by atoms with Crippen LogP contribution in [0.5, 0.6) is 0 Å². The molecule has 6 heteroatoms. The fraction of sp³-hybridized carbons (Fsp3) is 0.0714. The molecule has 2 aromatic rings. The molecule has 0 heterocycles. The molecule has 0 aliphatic heterocycles. The third-order valence-corrected chi connectivity index (χ3v) is 3.38. The molecular formula is C14H11Cl2FN2O. The third-order valence-electron chi connectivity index (χ3n) is 2.64. The Morgan fingerprint density at radius 2 is 1.90 bits per heavy atom. The third kappa shape index (κ3) is 3.62. The first-order valence-electron chi connectivity index (χ1n) is 5.74. The van der Waals surface area contributed by atoms with Gasteiger partial charge in [-0.25, -0.2) is 4.39 Å². The number of hydrogen-bond acceptors (Lipinski definition) is 2. The monoisotopic (exact) mass is 312 g/mol. The molecule has 2 aromatic carbocycles. The van der Waals surface area contributed by atoms with Crippen molar-refractivity contribution in [2.45, 2.75) is 6.42 Å². The lowest BCUT2D eigenvalue weighted by Crippen LogP contribution is -2.15. The summed E-state index contributed by atoms with van der Waals surface area (Å²) in [6.07, 6.45) is 0.119. The second kappa shape index (κ2) is 6.11. The standard InChI is InChI=1S/C14H11Cl2FN2O/c15-10-3-1-8(5-11(10)16)6-14(20)19-13-4-2-9(17)7-12(13)18/h1-5,7H,6,18H2,(H,19,20). The molecule has 0 aliphatic rings. The van der Waals surface area contributed by atoms with Gasteiger partial charge in [-0.1, -0.05) is 29.3 Å². The van der Waals surface area contributed by atoms with E-state index in [1.165, 1.54) is 12.1 Å². The highest BCUT2D eigenvalue weighted by Crippen LogP contribution is 2.23. The number of nitrogens with two attached hydrogens (primary N) is 1. The van der Waals surface area contributed by atoms with Crippen molar-refractivity contribution in [2.24, 2.45) is 0 Å². The molecule has 0 aromatic heterocycles. The molecule has 1 amide bonds. The number of hydrogen-bond donors (Lipinski definition) is 2. The van der Waals surface area contributed by atoms with Crippen molar-refractivity contribution in [2.75, 3.05) is 11.1 Å². The highest BCUT2D eigenvalue weighted by atomic mass is 35.5. The van der Waals surface area contributed by atoms with Crippen LogP contribution in [0.2, 0.25) is 10.0 Å². The summed E-state index contributed by atoms with van der Waals surface area (Å²) in [6.45, 7) is 0. The number of benzene rings is 2. The van der Waals surface area contributed by atoms with E-state index in [0.29, 0.717) is 15.7 Å². The number of amides is 1. The van der Waals surface area contributed by atoms with Gasteiger partial charge in [0.05, 0.1) is 27.8 Å². The van der Waals surface area contributed by atoms with Crippen molar-refractivity contribution >= 4 is 40.5 Å². The zero-order valence-electron chi connectivity index (χ0n) is 10.3. The minimum atomic E-state index is -0.454. The van der Waals surface area contributed by atoms with Crippen LogP contribution in [0.4, 0.5) is 15.8 Å². The minimum Gasteiger partial charge on any atom is -0.397 e. The van der Waals surface area contributed by atoms with Crippen molar-refractivity contribution in [1.82, 2.24) is 0 Å². The van der Waals surface area contributed by atoms with E-state index in [4.69, 9.17) is 28.9 Å². The molecule has 0 aliphatic carbocycles. The largest absolute Gasteiger partial charge is 0.397 e. The number of rotatable bonds is 3. The number of halogens is 3. The van der Waals surface area contributed by atoms with Crippen molar-refractivity contribution in [3.8, 4) is 0 Å². The Hall–Kier alpha value is -1.78. The van der Waals surface area contributed by atoms with Gasteiger partial charge < -0.3 is 11.1 Å². The summed E-state index contributed by atoms with van der Waals surface area (Å²) < 4.78 is 12.9. The van der Waals surface area contributed by atoms with E-state index in [1.54, 1.807) is 18.2 Å². The lowest BCUT2D eigenvalue weighted by atomic mass is 10.1. The molecule has 3 nitrogen and oxygen atoms in total. The van der Waals surface area contributed by atoms with Crippen LogP contribution in [0, 0.1) is 5.82 Å². The van der Waals surface area contributed by atoms with Crippen molar-refractivity contribution < 1.29 is 9.18 Å². The van der Waals surface area contributed by atoms with E-state index in [1.807, 2.05) is 0 Å². The van der Waals surface area contributed by atoms with Crippen LogP contribution < -0.4 is 11.1 Å². The van der Waals surface area contributed by atoms with Gasteiger partial charge in [-0.2, -0.15) is 0 Å². The van der Waals surface area contributed by atoms with E-state index in [-0.39, 0.29) is 18.0 Å². The quantitative estimate of drug-likeness (QED) is 0.845. The first-order valence-corrected chi connectivity index (χ1v) is 6.50. The normalized spacial score (nSPS) is 10.3. The Labute approximate surface area is 125 Å². The highest BCUT2D eigenvalue weighted by molar-refractivity contribution is 6.42. The molecule has 20 heavy (non-hydrogen) atoms. The molecule has 0 saturated heterocycles. The Morgan fingerprint density at radius 1 is 1.15 bits per heavy atom. The highest BCUT2D eigenvalue weighted by Gasteiger charge is 2.08. The van der Waals surface area contributed by atoms with E-state index >= 15 is 0 Å². The Kier molecular flexibility index (Phi) is 4.47. The van der Waals surface area contributed by atoms with Gasteiger partial charge in [-0.05, 0) is 35.9 Å². The van der Waals surface area contributed by atoms with E-state index in [2.05, 4.69) is 5.32 Å². The molecular weight excluding hydrogens is 302 g/mol. The number of anilines is 2. The Morgan fingerprint density at radius 3 is 2.55 bits per heavy atom. The topological polar surface area (TPSA) is 55.1 Å². The van der Waals surface area contributed by atoms with Crippen LogP contribution in [0.25, 0.3) is 0 Å². The summed E-state index contributed by atoms with van der Waals surface area (Å²) in [4.78, 5) is 11.9. The summed E-state index contributed by atoms with van der Waals surface area (Å²) in [5.74, 6) is -0.730. The lowest BCUT2D eigenvalue weighted by Gasteiger charge is -2.08. The first-order chi connectivity index (χ1) is 9.45. The molecule has 0 radical (unpaired) electrons. The molecule has 0 bridgehead atoms. The van der Waals surface area contributed by atoms with Crippen molar-refractivity contribution in [1.29, 1.82) is 0 Å². The van der Waals surface area contributed by atoms with Gasteiger partial charge >= 0.3 is 0 Å². The van der Waals surface area contributed by atoms with Crippen molar-refractivity contribution in [3.63, 3.8) is 0 Å². The lowest BCUT2D eigenvalue weighted by molar-refractivity contribution is -0.115. The maximum atomic E-state index is 12.9. The summed E-state index contributed by atoms with van der Waals surface area (Å²) >= 11 is 11.7. The average Bonchev–Trinajstić information content (AvgIpc) is 2.37. The van der Waals surface area contributed by atoms with Crippen LogP contribution in [-0.2, 0) is 11.2 Å². The number of carbonyl (C=O) groups is 1. The number of carbonyl (C=O) groups excluding carboxylic acids is 1. The van der Waals surface area contributed by atoms with Gasteiger partial charge in [0.1, 0.15) is 5.82 Å². The summed E-state index contributed by atoms with van der Waals surface area (Å²) in [7, 11) is 0. The van der Waals surface area contributed by atoms with Crippen LogP contribution in [-0.4, -0.2) is 5.91 Å². The number of nitrogen functional groups attached to an aromatic ring is 1. The predicted octanol–water partition coefficient (Wildman–Crippen LogP) is 3.90. The molecule has 0 saturated carbocycles. The van der Waals surface area contributed by atoms with Gasteiger partial charge in [-0.3, -0.25) is 4.79 Å². The summed E-state index contributed by atoms with van der Waals surface area (Å²) in [5.41, 5.74) is 6.88. The molecule has 2 rings (SSSR count). The Bertz CT molecular complexity index is 662. The van der Waals surface area contributed by atoms with E-state index < -0.39 is 5.82 Å². The van der Waals surface area contributed by atoms with Gasteiger partial charge in [0.2, 0.25) is 5.91 Å².